The summed E-state index contributed by atoms with van der Waals surface area (Å²) in [7, 11) is 0. The molecule has 0 aliphatic carbocycles. The number of carboxylic acid groups (broad SMARTS) is 1. The van der Waals surface area contributed by atoms with Crippen molar-refractivity contribution < 1.29 is 9.90 Å². The second-order valence-electron chi connectivity index (χ2n) is 7.55. The van der Waals surface area contributed by atoms with Crippen molar-refractivity contribution in [3.63, 3.8) is 0 Å². The van der Waals surface area contributed by atoms with Crippen molar-refractivity contribution in [1.82, 2.24) is 20.1 Å². The molecule has 1 saturated heterocycles. The van der Waals surface area contributed by atoms with Crippen molar-refractivity contribution in [3.8, 4) is 0 Å². The molecule has 3 aromatic rings. The van der Waals surface area contributed by atoms with E-state index in [0.717, 1.165) is 54.4 Å². The van der Waals surface area contributed by atoms with Gasteiger partial charge in [0.05, 0.1) is 6.20 Å². The Hall–Kier alpha value is -2.60. The third-order valence-electron chi connectivity index (χ3n) is 5.79. The van der Waals surface area contributed by atoms with E-state index in [2.05, 4.69) is 33.1 Å². The van der Waals surface area contributed by atoms with Crippen molar-refractivity contribution in [1.29, 1.82) is 0 Å². The highest BCUT2D eigenvalue weighted by Gasteiger charge is 2.26. The molecule has 0 saturated carbocycles. The van der Waals surface area contributed by atoms with Crippen LogP contribution in [0.3, 0.4) is 0 Å². The number of carbonyl (C=O) groups is 1. The van der Waals surface area contributed by atoms with Gasteiger partial charge in [0.15, 0.2) is 0 Å². The maximum Gasteiger partial charge on any atom is 0.352 e. The van der Waals surface area contributed by atoms with Gasteiger partial charge in [-0.3, -0.25) is 10.00 Å². The van der Waals surface area contributed by atoms with Crippen molar-refractivity contribution in [2.75, 3.05) is 13.1 Å². The summed E-state index contributed by atoms with van der Waals surface area (Å²) in [5.41, 5.74) is 5.85. The molecule has 2 aromatic heterocycles. The van der Waals surface area contributed by atoms with Crippen LogP contribution in [-0.2, 0) is 13.0 Å². The molecule has 27 heavy (non-hydrogen) atoms. The Balaban J connectivity index is 1.53. The van der Waals surface area contributed by atoms with Crippen LogP contribution in [-0.4, -0.2) is 44.2 Å². The van der Waals surface area contributed by atoms with Gasteiger partial charge in [-0.05, 0) is 57.0 Å². The number of aromatic nitrogens is 3. The van der Waals surface area contributed by atoms with Crippen LogP contribution in [0, 0.1) is 6.92 Å². The molecular formula is C21H26N4O2. The van der Waals surface area contributed by atoms with Crippen molar-refractivity contribution in [2.24, 2.45) is 0 Å². The summed E-state index contributed by atoms with van der Waals surface area (Å²) in [6, 6.07) is 6.06. The lowest BCUT2D eigenvalue weighted by Crippen LogP contribution is -2.33. The average molecular weight is 366 g/mol. The van der Waals surface area contributed by atoms with Gasteiger partial charge in [-0.25, -0.2) is 4.79 Å². The van der Waals surface area contributed by atoms with Crippen LogP contribution in [0.1, 0.15) is 58.6 Å². The van der Waals surface area contributed by atoms with Gasteiger partial charge < -0.3 is 10.1 Å². The maximum atomic E-state index is 11.7. The van der Waals surface area contributed by atoms with Gasteiger partial charge in [-0.15, -0.1) is 0 Å². The van der Waals surface area contributed by atoms with E-state index in [1.54, 1.807) is 0 Å². The normalized spacial score (nSPS) is 16.2. The number of nitrogens with one attached hydrogen (secondary N) is 2. The van der Waals surface area contributed by atoms with Gasteiger partial charge in [0.2, 0.25) is 0 Å². The number of likely N-dealkylation sites (tertiary alicyclic amines) is 1. The van der Waals surface area contributed by atoms with E-state index in [1.165, 1.54) is 11.3 Å². The molecule has 6 nitrogen and oxygen atoms in total. The number of hydrogen-bond acceptors (Lipinski definition) is 3. The third kappa shape index (κ3) is 3.37. The first-order valence-corrected chi connectivity index (χ1v) is 9.65. The van der Waals surface area contributed by atoms with Gasteiger partial charge in [0, 0.05) is 34.6 Å². The summed E-state index contributed by atoms with van der Waals surface area (Å²) in [5.74, 6) is -0.373. The molecule has 0 amide bonds. The number of H-pyrrole nitrogens is 2. The molecule has 3 N–H and O–H groups in total. The maximum absolute atomic E-state index is 11.7. The highest BCUT2D eigenvalue weighted by atomic mass is 16.4. The van der Waals surface area contributed by atoms with Crippen LogP contribution in [0.2, 0.25) is 0 Å². The van der Waals surface area contributed by atoms with Crippen LogP contribution in [0.15, 0.2) is 24.4 Å². The van der Waals surface area contributed by atoms with Crippen molar-refractivity contribution in [3.05, 3.63) is 52.5 Å². The zero-order valence-electron chi connectivity index (χ0n) is 15.9. The number of aromatic amines is 2. The molecule has 0 spiro atoms. The Kier molecular flexibility index (Phi) is 4.74. The summed E-state index contributed by atoms with van der Waals surface area (Å²) in [4.78, 5) is 17.2. The second-order valence-corrected chi connectivity index (χ2v) is 7.55. The molecule has 0 radical (unpaired) electrons. The Morgan fingerprint density at radius 1 is 1.33 bits per heavy atom. The Morgan fingerprint density at radius 3 is 2.81 bits per heavy atom. The second kappa shape index (κ2) is 7.19. The summed E-state index contributed by atoms with van der Waals surface area (Å²) in [6.07, 6.45) is 5.08. The zero-order chi connectivity index (χ0) is 19.0. The molecule has 142 valence electrons. The Morgan fingerprint density at radius 2 is 2.11 bits per heavy atom. The molecule has 1 aromatic carbocycles. The monoisotopic (exact) mass is 366 g/mol. The van der Waals surface area contributed by atoms with Gasteiger partial charge in [0.1, 0.15) is 5.69 Å². The van der Waals surface area contributed by atoms with E-state index >= 15 is 0 Å². The summed E-state index contributed by atoms with van der Waals surface area (Å²) in [6.45, 7) is 6.80. The topological polar surface area (TPSA) is 85.0 Å². The molecule has 0 atom stereocenters. The number of piperidine rings is 1. The first-order chi connectivity index (χ1) is 13.1. The van der Waals surface area contributed by atoms with Gasteiger partial charge in [-0.2, -0.15) is 5.10 Å². The molecule has 1 aliphatic heterocycles. The van der Waals surface area contributed by atoms with Crippen molar-refractivity contribution in [2.45, 2.75) is 45.6 Å². The van der Waals surface area contributed by atoms with E-state index in [4.69, 9.17) is 0 Å². The Bertz CT molecular complexity index is 964. The first kappa shape index (κ1) is 17.8. The van der Waals surface area contributed by atoms with E-state index in [0.29, 0.717) is 18.2 Å². The fourth-order valence-electron chi connectivity index (χ4n) is 4.27. The molecule has 0 bridgehead atoms. The molecule has 6 heteroatoms. The molecule has 1 fully saturated rings. The molecule has 3 heterocycles. The standard InChI is InChI=1S/C21H26N4O2/c1-3-14-11-22-24-19(14)15-6-8-25(9-7-15)12-17-16-10-13(2)4-5-18(16)23-20(17)21(26)27/h4-5,10-11,15,23H,3,6-9,12H2,1-2H3,(H,22,24)(H,26,27). The van der Waals surface area contributed by atoms with E-state index < -0.39 is 5.97 Å². The average Bonchev–Trinajstić information content (AvgIpc) is 3.27. The smallest absolute Gasteiger partial charge is 0.352 e. The minimum absolute atomic E-state index is 0.319. The molecule has 1 aliphatic rings. The van der Waals surface area contributed by atoms with Crippen LogP contribution in [0.25, 0.3) is 10.9 Å². The SMILES string of the molecule is CCc1cn[nH]c1C1CCN(Cc2c(C(=O)O)[nH]c3ccc(C)cc23)CC1. The summed E-state index contributed by atoms with van der Waals surface area (Å²) >= 11 is 0. The lowest BCUT2D eigenvalue weighted by Gasteiger charge is -2.32. The minimum Gasteiger partial charge on any atom is -0.477 e. The minimum atomic E-state index is -0.890. The summed E-state index contributed by atoms with van der Waals surface area (Å²) in [5, 5.41) is 18.1. The summed E-state index contributed by atoms with van der Waals surface area (Å²) < 4.78 is 0. The number of aromatic carboxylic acids is 1. The highest BCUT2D eigenvalue weighted by molar-refractivity contribution is 5.97. The number of benzene rings is 1. The number of carboxylic acids is 1. The quantitative estimate of drug-likeness (QED) is 0.640. The third-order valence-corrected chi connectivity index (χ3v) is 5.79. The van der Waals surface area contributed by atoms with Gasteiger partial charge in [-0.1, -0.05) is 18.6 Å². The predicted octanol–water partition coefficient (Wildman–Crippen LogP) is 3.84. The Labute approximate surface area is 158 Å². The van der Waals surface area contributed by atoms with E-state index in [-0.39, 0.29) is 0 Å². The van der Waals surface area contributed by atoms with Crippen LogP contribution < -0.4 is 0 Å². The molecular weight excluding hydrogens is 340 g/mol. The predicted molar refractivity (Wildman–Crippen MR) is 105 cm³/mol. The lowest BCUT2D eigenvalue weighted by molar-refractivity contribution is 0.0688. The van der Waals surface area contributed by atoms with Crippen LogP contribution in [0.4, 0.5) is 0 Å². The van der Waals surface area contributed by atoms with Gasteiger partial charge in [0.25, 0.3) is 0 Å². The van der Waals surface area contributed by atoms with E-state index in [9.17, 15) is 9.90 Å². The number of rotatable bonds is 5. The zero-order valence-corrected chi connectivity index (χ0v) is 15.9. The number of nitrogens with zero attached hydrogens (tertiary/aromatic N) is 2. The number of fused-ring (bicyclic) bond motifs is 1. The fourth-order valence-corrected chi connectivity index (χ4v) is 4.27. The van der Waals surface area contributed by atoms with Crippen molar-refractivity contribution >= 4 is 16.9 Å². The van der Waals surface area contributed by atoms with E-state index in [1.807, 2.05) is 25.3 Å². The first-order valence-electron chi connectivity index (χ1n) is 9.65. The number of hydrogen-bond donors (Lipinski definition) is 3. The largest absolute Gasteiger partial charge is 0.477 e. The van der Waals surface area contributed by atoms with Gasteiger partial charge >= 0.3 is 5.97 Å². The highest BCUT2D eigenvalue weighted by Crippen LogP contribution is 2.31. The molecule has 0 unspecified atom stereocenters. The fraction of sp³-hybridized carbons (Fsp3) is 0.429. The lowest BCUT2D eigenvalue weighted by atomic mass is 9.90. The number of aryl methyl sites for hydroxylation is 2. The molecule has 4 rings (SSSR count). The van der Waals surface area contributed by atoms with Crippen LogP contribution >= 0.6 is 0 Å². The van der Waals surface area contributed by atoms with Crippen LogP contribution in [0.5, 0.6) is 0 Å².